The lowest BCUT2D eigenvalue weighted by atomic mass is 10.1. The van der Waals surface area contributed by atoms with Crippen LogP contribution in [0.2, 0.25) is 5.02 Å². The Balaban J connectivity index is 1.43. The van der Waals surface area contributed by atoms with Crippen LogP contribution in [-0.2, 0) is 24.3 Å². The van der Waals surface area contributed by atoms with Gasteiger partial charge in [-0.1, -0.05) is 54.1 Å². The van der Waals surface area contributed by atoms with Gasteiger partial charge in [0.05, 0.1) is 0 Å². The lowest BCUT2D eigenvalue weighted by Crippen LogP contribution is -2.37. The summed E-state index contributed by atoms with van der Waals surface area (Å²) in [6.45, 7) is 3.02. The van der Waals surface area contributed by atoms with Crippen LogP contribution in [-0.4, -0.2) is 36.9 Å². The highest BCUT2D eigenvalue weighted by atomic mass is 35.5. The van der Waals surface area contributed by atoms with Crippen molar-refractivity contribution in [2.45, 2.75) is 32.4 Å². The van der Waals surface area contributed by atoms with Crippen LogP contribution >= 0.6 is 11.6 Å². The van der Waals surface area contributed by atoms with E-state index in [2.05, 4.69) is 39.9 Å². The number of benzene rings is 2. The molecule has 0 bridgehead atoms. The molecule has 0 atom stereocenters. The van der Waals surface area contributed by atoms with Crippen LogP contribution < -0.4 is 10.6 Å². The number of rotatable bonds is 7. The van der Waals surface area contributed by atoms with Crippen molar-refractivity contribution in [1.29, 1.82) is 0 Å². The smallest absolute Gasteiger partial charge is 0.222 e. The van der Waals surface area contributed by atoms with Crippen LogP contribution in [0.1, 0.15) is 29.5 Å². The summed E-state index contributed by atoms with van der Waals surface area (Å²) in [6, 6.07) is 16.3. The zero-order valence-corrected chi connectivity index (χ0v) is 17.0. The van der Waals surface area contributed by atoms with Gasteiger partial charge in [-0.25, -0.2) is 0 Å². The molecule has 0 aromatic heterocycles. The number of carbonyl (C=O) groups is 1. The highest BCUT2D eigenvalue weighted by Crippen LogP contribution is 2.15. The number of aliphatic imine (C=N–C) groups is 1. The molecule has 1 heterocycles. The van der Waals surface area contributed by atoms with Crippen molar-refractivity contribution in [3.05, 3.63) is 70.2 Å². The van der Waals surface area contributed by atoms with E-state index in [0.717, 1.165) is 42.5 Å². The Hall–Kier alpha value is -2.53. The molecule has 148 valence electrons. The Morgan fingerprint density at radius 1 is 1.11 bits per heavy atom. The first-order chi connectivity index (χ1) is 13.7. The first-order valence-corrected chi connectivity index (χ1v) is 10.1. The Labute approximate surface area is 171 Å². The third-order valence-electron chi connectivity index (χ3n) is 4.90. The van der Waals surface area contributed by atoms with Gasteiger partial charge in [-0.3, -0.25) is 9.79 Å². The van der Waals surface area contributed by atoms with Crippen LogP contribution in [0.3, 0.4) is 0 Å². The van der Waals surface area contributed by atoms with Gasteiger partial charge in [0.15, 0.2) is 5.96 Å². The molecule has 1 aliphatic heterocycles. The molecule has 3 rings (SSSR count). The summed E-state index contributed by atoms with van der Waals surface area (Å²) in [5.74, 6) is 1.02. The lowest BCUT2D eigenvalue weighted by Gasteiger charge is -2.16. The standard InChI is InChI=1S/C22H27ClN4O/c1-24-22(25-13-12-19-5-2-3-6-20(19)23)26-15-17-8-10-18(11-9-17)16-27-14-4-7-21(27)28/h2-3,5-6,8-11H,4,7,12-16H2,1H3,(H2,24,25,26). The van der Waals surface area contributed by atoms with E-state index < -0.39 is 0 Å². The van der Waals surface area contributed by atoms with E-state index in [4.69, 9.17) is 11.6 Å². The van der Waals surface area contributed by atoms with Gasteiger partial charge >= 0.3 is 0 Å². The summed E-state index contributed by atoms with van der Waals surface area (Å²) in [5.41, 5.74) is 3.46. The Kier molecular flexibility index (Phi) is 7.31. The SMILES string of the molecule is CN=C(NCCc1ccccc1Cl)NCc1ccc(CN2CCCC2=O)cc1. The average Bonchev–Trinajstić information content (AvgIpc) is 3.11. The minimum atomic E-state index is 0.261. The second-order valence-electron chi connectivity index (χ2n) is 6.93. The molecule has 0 spiro atoms. The predicted molar refractivity (Wildman–Crippen MR) is 114 cm³/mol. The number of hydrogen-bond donors (Lipinski definition) is 2. The number of halogens is 1. The van der Waals surface area contributed by atoms with E-state index in [1.807, 2.05) is 29.2 Å². The molecule has 2 aromatic carbocycles. The molecule has 2 aromatic rings. The van der Waals surface area contributed by atoms with Crippen LogP contribution in [0.4, 0.5) is 0 Å². The molecule has 5 nitrogen and oxygen atoms in total. The monoisotopic (exact) mass is 398 g/mol. The Bertz CT molecular complexity index is 820. The molecule has 1 saturated heterocycles. The lowest BCUT2D eigenvalue weighted by molar-refractivity contribution is -0.128. The molecule has 6 heteroatoms. The van der Waals surface area contributed by atoms with Gasteiger partial charge in [0, 0.05) is 44.7 Å². The summed E-state index contributed by atoms with van der Waals surface area (Å²) in [6.07, 6.45) is 2.50. The molecule has 1 aliphatic rings. The highest BCUT2D eigenvalue weighted by Gasteiger charge is 2.19. The van der Waals surface area contributed by atoms with Gasteiger partial charge in [0.25, 0.3) is 0 Å². The van der Waals surface area contributed by atoms with Gasteiger partial charge in [-0.15, -0.1) is 0 Å². The molecule has 0 radical (unpaired) electrons. The average molecular weight is 399 g/mol. The fourth-order valence-corrected chi connectivity index (χ4v) is 3.51. The number of carbonyl (C=O) groups excluding carboxylic acids is 1. The van der Waals surface area contributed by atoms with E-state index in [-0.39, 0.29) is 5.91 Å². The molecule has 1 amide bonds. The number of guanidine groups is 1. The van der Waals surface area contributed by atoms with Gasteiger partial charge in [0.2, 0.25) is 5.91 Å². The van der Waals surface area contributed by atoms with Crippen molar-refractivity contribution in [3.8, 4) is 0 Å². The number of amides is 1. The van der Waals surface area contributed by atoms with Crippen LogP contribution in [0.5, 0.6) is 0 Å². The normalized spacial score (nSPS) is 14.4. The van der Waals surface area contributed by atoms with E-state index in [9.17, 15) is 4.79 Å². The summed E-state index contributed by atoms with van der Waals surface area (Å²) in [4.78, 5) is 17.9. The fraction of sp³-hybridized carbons (Fsp3) is 0.364. The van der Waals surface area contributed by atoms with Crippen LogP contribution in [0.15, 0.2) is 53.5 Å². The zero-order valence-electron chi connectivity index (χ0n) is 16.2. The molecule has 1 fully saturated rings. The number of nitrogens with zero attached hydrogens (tertiary/aromatic N) is 2. The maximum Gasteiger partial charge on any atom is 0.222 e. The second kappa shape index (κ2) is 10.1. The van der Waals surface area contributed by atoms with E-state index >= 15 is 0 Å². The molecule has 2 N–H and O–H groups in total. The molecule has 0 unspecified atom stereocenters. The van der Waals surface area contributed by atoms with Crippen molar-refractivity contribution >= 4 is 23.5 Å². The topological polar surface area (TPSA) is 56.7 Å². The first-order valence-electron chi connectivity index (χ1n) is 9.69. The fourth-order valence-electron chi connectivity index (χ4n) is 3.28. The first kappa shape index (κ1) is 20.2. The molecule has 0 saturated carbocycles. The largest absolute Gasteiger partial charge is 0.356 e. The van der Waals surface area contributed by atoms with E-state index in [1.54, 1.807) is 7.05 Å². The van der Waals surface area contributed by atoms with E-state index in [1.165, 1.54) is 11.1 Å². The Morgan fingerprint density at radius 3 is 2.54 bits per heavy atom. The molecule has 28 heavy (non-hydrogen) atoms. The van der Waals surface area contributed by atoms with Crippen molar-refractivity contribution in [1.82, 2.24) is 15.5 Å². The third-order valence-corrected chi connectivity index (χ3v) is 5.26. The molecular formula is C22H27ClN4O. The summed E-state index contributed by atoms with van der Waals surface area (Å²) < 4.78 is 0. The summed E-state index contributed by atoms with van der Waals surface area (Å²) in [5, 5.41) is 7.44. The van der Waals surface area contributed by atoms with Crippen molar-refractivity contribution < 1.29 is 4.79 Å². The predicted octanol–water partition coefficient (Wildman–Crippen LogP) is 3.37. The number of hydrogen-bond acceptors (Lipinski definition) is 2. The summed E-state index contributed by atoms with van der Waals surface area (Å²) in [7, 11) is 1.76. The summed E-state index contributed by atoms with van der Waals surface area (Å²) >= 11 is 6.19. The van der Waals surface area contributed by atoms with Crippen molar-refractivity contribution in [3.63, 3.8) is 0 Å². The number of likely N-dealkylation sites (tertiary alicyclic amines) is 1. The van der Waals surface area contributed by atoms with E-state index in [0.29, 0.717) is 19.5 Å². The maximum atomic E-state index is 11.7. The minimum absolute atomic E-state index is 0.261. The van der Waals surface area contributed by atoms with Gasteiger partial charge < -0.3 is 15.5 Å². The quantitative estimate of drug-likeness (QED) is 0.555. The second-order valence-corrected chi connectivity index (χ2v) is 7.34. The minimum Gasteiger partial charge on any atom is -0.356 e. The zero-order chi connectivity index (χ0) is 19.8. The van der Waals surface area contributed by atoms with Gasteiger partial charge in [-0.2, -0.15) is 0 Å². The van der Waals surface area contributed by atoms with Crippen molar-refractivity contribution in [2.24, 2.45) is 4.99 Å². The molecule has 0 aliphatic carbocycles. The molecular weight excluding hydrogens is 372 g/mol. The van der Waals surface area contributed by atoms with Crippen LogP contribution in [0, 0.1) is 0 Å². The van der Waals surface area contributed by atoms with Crippen LogP contribution in [0.25, 0.3) is 0 Å². The Morgan fingerprint density at radius 2 is 1.86 bits per heavy atom. The third kappa shape index (κ3) is 5.73. The maximum absolute atomic E-state index is 11.7. The van der Waals surface area contributed by atoms with Gasteiger partial charge in [-0.05, 0) is 35.6 Å². The van der Waals surface area contributed by atoms with Crippen molar-refractivity contribution in [2.75, 3.05) is 20.1 Å². The highest BCUT2D eigenvalue weighted by molar-refractivity contribution is 6.31. The van der Waals surface area contributed by atoms with Gasteiger partial charge in [0.1, 0.15) is 0 Å². The number of nitrogens with one attached hydrogen (secondary N) is 2.